The third-order valence-electron chi connectivity index (χ3n) is 3.58. The van der Waals surface area contributed by atoms with Crippen LogP contribution >= 0.6 is 0 Å². The molecule has 1 aromatic carbocycles. The fourth-order valence-corrected chi connectivity index (χ4v) is 2.02. The Kier molecular flexibility index (Phi) is 6.08. The van der Waals surface area contributed by atoms with Gasteiger partial charge in [0, 0.05) is 6.20 Å². The molecule has 1 atom stereocenters. The molecule has 24 heavy (non-hydrogen) atoms. The summed E-state index contributed by atoms with van der Waals surface area (Å²) in [6, 6.07) is 10.9. The molecule has 0 fully saturated rings. The van der Waals surface area contributed by atoms with Gasteiger partial charge in [0.05, 0.1) is 30.5 Å². The average Bonchev–Trinajstić information content (AvgIpc) is 3.06. The van der Waals surface area contributed by atoms with E-state index in [0.717, 1.165) is 11.4 Å². The molecule has 4 N–H and O–H groups in total. The number of nitrogens with zero attached hydrogens (tertiary/aromatic N) is 2. The first-order valence-electron chi connectivity index (χ1n) is 7.87. The van der Waals surface area contributed by atoms with Gasteiger partial charge in [0.25, 0.3) is 0 Å². The van der Waals surface area contributed by atoms with Gasteiger partial charge in [-0.25, -0.2) is 4.68 Å². The molecule has 0 aliphatic heterocycles. The van der Waals surface area contributed by atoms with Crippen LogP contribution in [0.15, 0.2) is 42.6 Å². The van der Waals surface area contributed by atoms with Crippen LogP contribution < -0.4 is 16.4 Å². The molecule has 0 unspecified atom stereocenters. The van der Waals surface area contributed by atoms with Crippen LogP contribution in [-0.4, -0.2) is 34.2 Å². The Morgan fingerprint density at radius 2 is 1.88 bits per heavy atom. The number of aromatic nitrogens is 2. The van der Waals surface area contributed by atoms with Crippen LogP contribution in [0.5, 0.6) is 0 Å². The maximum absolute atomic E-state index is 11.8. The Morgan fingerprint density at radius 3 is 2.54 bits per heavy atom. The molecule has 0 aliphatic rings. The summed E-state index contributed by atoms with van der Waals surface area (Å²) < 4.78 is 1.74. The van der Waals surface area contributed by atoms with Gasteiger partial charge in [-0.2, -0.15) is 5.10 Å². The molecule has 0 saturated heterocycles. The van der Waals surface area contributed by atoms with Crippen molar-refractivity contribution in [2.24, 2.45) is 11.7 Å². The number of hydrogen-bond acceptors (Lipinski definition) is 4. The van der Waals surface area contributed by atoms with Crippen molar-refractivity contribution in [1.29, 1.82) is 0 Å². The zero-order chi connectivity index (χ0) is 17.5. The molecule has 7 heteroatoms. The minimum atomic E-state index is -0.612. The predicted octanol–water partition coefficient (Wildman–Crippen LogP) is 0.588. The van der Waals surface area contributed by atoms with E-state index in [2.05, 4.69) is 15.7 Å². The van der Waals surface area contributed by atoms with Crippen molar-refractivity contribution >= 4 is 11.8 Å². The van der Waals surface area contributed by atoms with E-state index < -0.39 is 6.04 Å². The molecule has 0 spiro atoms. The van der Waals surface area contributed by atoms with E-state index in [1.165, 1.54) is 0 Å². The summed E-state index contributed by atoms with van der Waals surface area (Å²) in [5, 5.41) is 9.64. The second-order valence-electron chi connectivity index (χ2n) is 5.85. The van der Waals surface area contributed by atoms with Crippen LogP contribution in [0.1, 0.15) is 19.5 Å². The van der Waals surface area contributed by atoms with Crippen LogP contribution in [0, 0.1) is 5.92 Å². The Labute approximate surface area is 141 Å². The zero-order valence-electron chi connectivity index (χ0n) is 13.9. The molecule has 0 aliphatic carbocycles. The van der Waals surface area contributed by atoms with E-state index in [0.29, 0.717) is 6.54 Å². The SMILES string of the molecule is CC(C)[C@H](N)C(=O)NCC(=O)NCc1ccn(-c2ccccc2)n1. The number of carbonyl (C=O) groups is 2. The summed E-state index contributed by atoms with van der Waals surface area (Å²) in [5.74, 6) is -0.586. The van der Waals surface area contributed by atoms with Crippen molar-refractivity contribution < 1.29 is 9.59 Å². The smallest absolute Gasteiger partial charge is 0.239 e. The van der Waals surface area contributed by atoms with Crippen LogP contribution in [0.25, 0.3) is 5.69 Å². The fraction of sp³-hybridized carbons (Fsp3) is 0.353. The van der Waals surface area contributed by atoms with E-state index in [1.807, 2.05) is 56.4 Å². The first kappa shape index (κ1) is 17.7. The highest BCUT2D eigenvalue weighted by molar-refractivity contribution is 5.87. The first-order chi connectivity index (χ1) is 11.5. The summed E-state index contributed by atoms with van der Waals surface area (Å²) >= 11 is 0. The van der Waals surface area contributed by atoms with E-state index in [1.54, 1.807) is 4.68 Å². The standard InChI is InChI=1S/C17H23N5O2/c1-12(2)16(18)17(24)20-11-15(23)19-10-13-8-9-22(21-13)14-6-4-3-5-7-14/h3-9,12,16H,10-11,18H2,1-2H3,(H,19,23)(H,20,24)/t16-/m0/s1. The lowest BCUT2D eigenvalue weighted by Crippen LogP contribution is -2.47. The first-order valence-corrected chi connectivity index (χ1v) is 7.87. The largest absolute Gasteiger partial charge is 0.349 e. The monoisotopic (exact) mass is 329 g/mol. The van der Waals surface area contributed by atoms with Crippen LogP contribution in [0.4, 0.5) is 0 Å². The Morgan fingerprint density at radius 1 is 1.17 bits per heavy atom. The summed E-state index contributed by atoms with van der Waals surface area (Å²) in [6.07, 6.45) is 1.83. The second kappa shape index (κ2) is 8.26. The lowest BCUT2D eigenvalue weighted by atomic mass is 10.1. The van der Waals surface area contributed by atoms with Crippen LogP contribution in [0.3, 0.4) is 0 Å². The van der Waals surface area contributed by atoms with Crippen molar-refractivity contribution in [2.75, 3.05) is 6.54 Å². The lowest BCUT2D eigenvalue weighted by Gasteiger charge is -2.14. The molecule has 2 amide bonds. The maximum Gasteiger partial charge on any atom is 0.239 e. The number of benzene rings is 1. The topological polar surface area (TPSA) is 102 Å². The number of rotatable bonds is 7. The summed E-state index contributed by atoms with van der Waals surface area (Å²) in [5.41, 5.74) is 7.40. The molecule has 0 radical (unpaired) electrons. The number of carbonyl (C=O) groups excluding carboxylic acids is 2. The molecule has 128 valence electrons. The highest BCUT2D eigenvalue weighted by Gasteiger charge is 2.17. The normalized spacial score (nSPS) is 12.0. The van der Waals surface area contributed by atoms with Gasteiger partial charge in [0.15, 0.2) is 0 Å². The third kappa shape index (κ3) is 4.92. The van der Waals surface area contributed by atoms with Crippen molar-refractivity contribution in [3.05, 3.63) is 48.3 Å². The Bertz CT molecular complexity index is 681. The van der Waals surface area contributed by atoms with Crippen molar-refractivity contribution in [3.8, 4) is 5.69 Å². The number of amides is 2. The summed E-state index contributed by atoms with van der Waals surface area (Å²) in [7, 11) is 0. The van der Waals surface area contributed by atoms with Gasteiger partial charge in [-0.3, -0.25) is 9.59 Å². The quantitative estimate of drug-likeness (QED) is 0.692. The van der Waals surface area contributed by atoms with E-state index in [-0.39, 0.29) is 24.3 Å². The van der Waals surface area contributed by atoms with Gasteiger partial charge < -0.3 is 16.4 Å². The van der Waals surface area contributed by atoms with Gasteiger partial charge in [0.2, 0.25) is 11.8 Å². The Hall–Kier alpha value is -2.67. The van der Waals surface area contributed by atoms with Crippen LogP contribution in [-0.2, 0) is 16.1 Å². The zero-order valence-corrected chi connectivity index (χ0v) is 13.9. The van der Waals surface area contributed by atoms with E-state index >= 15 is 0 Å². The molecular weight excluding hydrogens is 306 g/mol. The molecule has 7 nitrogen and oxygen atoms in total. The minimum Gasteiger partial charge on any atom is -0.349 e. The number of hydrogen-bond donors (Lipinski definition) is 3. The molecule has 0 bridgehead atoms. The van der Waals surface area contributed by atoms with Crippen molar-refractivity contribution in [3.63, 3.8) is 0 Å². The van der Waals surface area contributed by atoms with Gasteiger partial charge in [0.1, 0.15) is 0 Å². The summed E-state index contributed by atoms with van der Waals surface area (Å²) in [6.45, 7) is 3.91. The van der Waals surface area contributed by atoms with Gasteiger partial charge >= 0.3 is 0 Å². The predicted molar refractivity (Wildman–Crippen MR) is 91.2 cm³/mol. The average molecular weight is 329 g/mol. The highest BCUT2D eigenvalue weighted by atomic mass is 16.2. The molecule has 1 heterocycles. The molecule has 2 aromatic rings. The molecule has 0 saturated carbocycles. The molecule has 1 aromatic heterocycles. The van der Waals surface area contributed by atoms with Gasteiger partial charge in [-0.05, 0) is 24.1 Å². The van der Waals surface area contributed by atoms with E-state index in [4.69, 9.17) is 5.73 Å². The Balaban J connectivity index is 1.78. The number of nitrogens with two attached hydrogens (primary N) is 1. The van der Waals surface area contributed by atoms with Gasteiger partial charge in [-0.1, -0.05) is 32.0 Å². The fourth-order valence-electron chi connectivity index (χ4n) is 2.02. The van der Waals surface area contributed by atoms with Crippen molar-refractivity contribution in [2.45, 2.75) is 26.4 Å². The summed E-state index contributed by atoms with van der Waals surface area (Å²) in [4.78, 5) is 23.5. The second-order valence-corrected chi connectivity index (χ2v) is 5.85. The minimum absolute atomic E-state index is 0.0232. The number of nitrogens with one attached hydrogen (secondary N) is 2. The highest BCUT2D eigenvalue weighted by Crippen LogP contribution is 2.06. The lowest BCUT2D eigenvalue weighted by molar-refractivity contribution is -0.127. The van der Waals surface area contributed by atoms with Gasteiger partial charge in [-0.15, -0.1) is 0 Å². The third-order valence-corrected chi connectivity index (χ3v) is 3.58. The molecule has 2 rings (SSSR count). The van der Waals surface area contributed by atoms with E-state index in [9.17, 15) is 9.59 Å². The molecular formula is C17H23N5O2. The van der Waals surface area contributed by atoms with Crippen LogP contribution in [0.2, 0.25) is 0 Å². The number of para-hydroxylation sites is 1. The van der Waals surface area contributed by atoms with Crippen molar-refractivity contribution in [1.82, 2.24) is 20.4 Å². The maximum atomic E-state index is 11.8.